The van der Waals surface area contributed by atoms with Crippen molar-refractivity contribution in [2.45, 2.75) is 38.6 Å². The highest BCUT2D eigenvalue weighted by Gasteiger charge is 2.40. The number of nitrogens with zero attached hydrogens (tertiary/aromatic N) is 4. The van der Waals surface area contributed by atoms with Crippen molar-refractivity contribution in [1.82, 2.24) is 19.9 Å². The molecule has 21 heavy (non-hydrogen) atoms. The molecule has 3 heterocycles. The molecular weight excluding hydrogens is 264 g/mol. The van der Waals surface area contributed by atoms with Crippen LogP contribution in [0.2, 0.25) is 0 Å². The Hall–Kier alpha value is -1.72. The minimum atomic E-state index is 0.243. The van der Waals surface area contributed by atoms with Crippen molar-refractivity contribution in [2.75, 3.05) is 13.1 Å². The molecule has 2 aliphatic rings. The summed E-state index contributed by atoms with van der Waals surface area (Å²) in [6.45, 7) is 5.70. The highest BCUT2D eigenvalue weighted by atomic mass is 16.5. The van der Waals surface area contributed by atoms with Gasteiger partial charge in [-0.25, -0.2) is 4.68 Å². The van der Waals surface area contributed by atoms with Gasteiger partial charge in [-0.2, -0.15) is 0 Å². The van der Waals surface area contributed by atoms with E-state index in [0.717, 1.165) is 31.7 Å². The van der Waals surface area contributed by atoms with E-state index >= 15 is 0 Å². The summed E-state index contributed by atoms with van der Waals surface area (Å²) in [5.41, 5.74) is 3.60. The number of fused-ring (bicyclic) bond motifs is 3. The van der Waals surface area contributed by atoms with E-state index < -0.39 is 0 Å². The molecule has 0 aliphatic carbocycles. The SMILES string of the molecule is CCc1nnn2c1COC1CN(Cc3ccccc3)C[C@H]12. The molecule has 1 aromatic heterocycles. The molecule has 0 amide bonds. The van der Waals surface area contributed by atoms with E-state index in [4.69, 9.17) is 4.74 Å². The van der Waals surface area contributed by atoms with Crippen LogP contribution < -0.4 is 0 Å². The van der Waals surface area contributed by atoms with Crippen LogP contribution in [0.15, 0.2) is 30.3 Å². The van der Waals surface area contributed by atoms with Gasteiger partial charge in [0.15, 0.2) is 0 Å². The van der Waals surface area contributed by atoms with Gasteiger partial charge in [0, 0.05) is 19.6 Å². The average molecular weight is 284 g/mol. The monoisotopic (exact) mass is 284 g/mol. The lowest BCUT2D eigenvalue weighted by molar-refractivity contribution is -0.00559. The van der Waals surface area contributed by atoms with Gasteiger partial charge in [0.2, 0.25) is 0 Å². The number of hydrogen-bond donors (Lipinski definition) is 0. The summed E-state index contributed by atoms with van der Waals surface area (Å²) >= 11 is 0. The Balaban J connectivity index is 1.53. The number of likely N-dealkylation sites (tertiary alicyclic amines) is 1. The topological polar surface area (TPSA) is 43.2 Å². The predicted octanol–water partition coefficient (Wildman–Crippen LogP) is 1.80. The van der Waals surface area contributed by atoms with Crippen LogP contribution in [0.25, 0.3) is 0 Å². The molecule has 4 rings (SSSR count). The highest BCUT2D eigenvalue weighted by molar-refractivity contribution is 5.16. The summed E-state index contributed by atoms with van der Waals surface area (Å²) in [6.07, 6.45) is 1.16. The second-order valence-electron chi connectivity index (χ2n) is 5.88. The van der Waals surface area contributed by atoms with Crippen LogP contribution in [0, 0.1) is 0 Å². The molecule has 110 valence electrons. The summed E-state index contributed by atoms with van der Waals surface area (Å²) < 4.78 is 8.16. The fourth-order valence-electron chi connectivity index (χ4n) is 3.42. The third kappa shape index (κ3) is 2.26. The van der Waals surface area contributed by atoms with Crippen LogP contribution in [0.5, 0.6) is 0 Å². The van der Waals surface area contributed by atoms with Gasteiger partial charge in [-0.1, -0.05) is 42.5 Å². The number of hydrogen-bond acceptors (Lipinski definition) is 4. The van der Waals surface area contributed by atoms with Crippen LogP contribution in [-0.2, 0) is 24.3 Å². The Morgan fingerprint density at radius 2 is 2.10 bits per heavy atom. The molecule has 5 heteroatoms. The number of aryl methyl sites for hydroxylation is 1. The lowest BCUT2D eigenvalue weighted by atomic mass is 10.1. The molecule has 2 atom stereocenters. The molecule has 1 fully saturated rings. The summed E-state index contributed by atoms with van der Waals surface area (Å²) in [5.74, 6) is 0. The van der Waals surface area contributed by atoms with Crippen LogP contribution in [0.4, 0.5) is 0 Å². The van der Waals surface area contributed by atoms with Crippen molar-refractivity contribution in [1.29, 1.82) is 0 Å². The van der Waals surface area contributed by atoms with E-state index in [0.29, 0.717) is 12.6 Å². The number of benzene rings is 1. The van der Waals surface area contributed by atoms with Gasteiger partial charge in [-0.05, 0) is 12.0 Å². The maximum absolute atomic E-state index is 6.05. The zero-order chi connectivity index (χ0) is 14.2. The summed E-state index contributed by atoms with van der Waals surface area (Å²) in [6, 6.07) is 10.9. The third-order valence-electron chi connectivity index (χ3n) is 4.52. The molecule has 2 aromatic rings. The molecular formula is C16H20N4O. The highest BCUT2D eigenvalue weighted by Crippen LogP contribution is 2.32. The number of rotatable bonds is 3. The summed E-state index contributed by atoms with van der Waals surface area (Å²) in [7, 11) is 0. The van der Waals surface area contributed by atoms with Crippen molar-refractivity contribution in [3.05, 3.63) is 47.3 Å². The lowest BCUT2D eigenvalue weighted by Gasteiger charge is -2.26. The fraction of sp³-hybridized carbons (Fsp3) is 0.500. The molecule has 5 nitrogen and oxygen atoms in total. The summed E-state index contributed by atoms with van der Waals surface area (Å²) in [5, 5.41) is 8.67. The molecule has 0 radical (unpaired) electrons. The van der Waals surface area contributed by atoms with Crippen LogP contribution in [-0.4, -0.2) is 39.1 Å². The number of aromatic nitrogens is 3. The van der Waals surface area contributed by atoms with E-state index in [2.05, 4.69) is 57.1 Å². The lowest BCUT2D eigenvalue weighted by Crippen LogP contribution is -2.32. The normalized spacial score (nSPS) is 24.8. The van der Waals surface area contributed by atoms with Crippen LogP contribution in [0.3, 0.4) is 0 Å². The zero-order valence-corrected chi connectivity index (χ0v) is 12.3. The molecule has 1 saturated heterocycles. The molecule has 0 saturated carbocycles. The standard InChI is InChI=1S/C16H20N4O/c1-2-13-15-11-21-16-10-19(8-12-6-4-3-5-7-12)9-14(16)20(15)18-17-13/h3-7,14,16H,2,8-11H2,1H3/t14-,16?/m1/s1. The van der Waals surface area contributed by atoms with Gasteiger partial charge < -0.3 is 4.74 Å². The Morgan fingerprint density at radius 3 is 2.90 bits per heavy atom. The van der Waals surface area contributed by atoms with Crippen molar-refractivity contribution >= 4 is 0 Å². The Kier molecular flexibility index (Phi) is 3.24. The summed E-state index contributed by atoms with van der Waals surface area (Å²) in [4.78, 5) is 2.45. The number of ether oxygens (including phenoxy) is 1. The van der Waals surface area contributed by atoms with Crippen molar-refractivity contribution in [3.8, 4) is 0 Å². The van der Waals surface area contributed by atoms with Gasteiger partial charge >= 0.3 is 0 Å². The Labute approximate surface area is 124 Å². The third-order valence-corrected chi connectivity index (χ3v) is 4.52. The Morgan fingerprint density at radius 1 is 1.24 bits per heavy atom. The van der Waals surface area contributed by atoms with E-state index in [9.17, 15) is 0 Å². The maximum Gasteiger partial charge on any atom is 0.0944 e. The van der Waals surface area contributed by atoms with Gasteiger partial charge in [0.25, 0.3) is 0 Å². The van der Waals surface area contributed by atoms with Gasteiger partial charge in [0.1, 0.15) is 0 Å². The second kappa shape index (κ2) is 5.24. The molecule has 2 aliphatic heterocycles. The minimum Gasteiger partial charge on any atom is -0.368 e. The predicted molar refractivity (Wildman–Crippen MR) is 78.7 cm³/mol. The average Bonchev–Trinajstić information content (AvgIpc) is 3.10. The Bertz CT molecular complexity index is 624. The first kappa shape index (κ1) is 13.0. The van der Waals surface area contributed by atoms with E-state index in [1.165, 1.54) is 11.3 Å². The first-order chi connectivity index (χ1) is 10.3. The molecule has 0 bridgehead atoms. The van der Waals surface area contributed by atoms with Crippen LogP contribution in [0.1, 0.15) is 29.9 Å². The first-order valence-electron chi connectivity index (χ1n) is 7.66. The molecule has 1 aromatic carbocycles. The van der Waals surface area contributed by atoms with Gasteiger partial charge in [0.05, 0.1) is 30.1 Å². The first-order valence-corrected chi connectivity index (χ1v) is 7.66. The van der Waals surface area contributed by atoms with E-state index in [1.54, 1.807) is 0 Å². The second-order valence-corrected chi connectivity index (χ2v) is 5.88. The van der Waals surface area contributed by atoms with E-state index in [-0.39, 0.29) is 6.10 Å². The van der Waals surface area contributed by atoms with Crippen molar-refractivity contribution < 1.29 is 4.74 Å². The molecule has 0 spiro atoms. The van der Waals surface area contributed by atoms with Gasteiger partial charge in [-0.3, -0.25) is 4.90 Å². The minimum absolute atomic E-state index is 0.243. The fourth-order valence-corrected chi connectivity index (χ4v) is 3.42. The van der Waals surface area contributed by atoms with Crippen LogP contribution >= 0.6 is 0 Å². The molecule has 1 unspecified atom stereocenters. The molecule has 0 N–H and O–H groups in total. The van der Waals surface area contributed by atoms with Crippen molar-refractivity contribution in [3.63, 3.8) is 0 Å². The zero-order valence-electron chi connectivity index (χ0n) is 12.3. The quantitative estimate of drug-likeness (QED) is 0.862. The van der Waals surface area contributed by atoms with E-state index in [1.807, 2.05) is 0 Å². The largest absolute Gasteiger partial charge is 0.368 e. The smallest absolute Gasteiger partial charge is 0.0944 e. The van der Waals surface area contributed by atoms with Crippen molar-refractivity contribution in [2.24, 2.45) is 0 Å². The van der Waals surface area contributed by atoms with Gasteiger partial charge in [-0.15, -0.1) is 5.10 Å². The maximum atomic E-state index is 6.05.